The van der Waals surface area contributed by atoms with Crippen molar-refractivity contribution in [1.29, 1.82) is 0 Å². The second-order valence-electron chi connectivity index (χ2n) is 6.13. The first kappa shape index (κ1) is 14.0. The quantitative estimate of drug-likeness (QED) is 0.795. The molecule has 2 nitrogen and oxygen atoms in total. The van der Waals surface area contributed by atoms with Gasteiger partial charge in [0.05, 0.1) is 11.7 Å². The minimum absolute atomic E-state index is 0.0200. The van der Waals surface area contributed by atoms with E-state index in [0.29, 0.717) is 12.1 Å². The summed E-state index contributed by atoms with van der Waals surface area (Å²) in [5, 5.41) is 3.41. The lowest BCUT2D eigenvalue weighted by Crippen LogP contribution is -2.47. The van der Waals surface area contributed by atoms with Gasteiger partial charge in [-0.3, -0.25) is 0 Å². The molecule has 2 heteroatoms. The van der Waals surface area contributed by atoms with Crippen LogP contribution in [-0.4, -0.2) is 24.8 Å². The van der Waals surface area contributed by atoms with Crippen LogP contribution in [0.15, 0.2) is 0 Å². The van der Waals surface area contributed by atoms with Crippen molar-refractivity contribution in [1.82, 2.24) is 5.32 Å². The van der Waals surface area contributed by atoms with Gasteiger partial charge >= 0.3 is 0 Å². The topological polar surface area (TPSA) is 21.3 Å². The summed E-state index contributed by atoms with van der Waals surface area (Å²) < 4.78 is 6.20. The predicted molar refractivity (Wildman–Crippen MR) is 69.7 cm³/mol. The monoisotopic (exact) mass is 227 g/mol. The van der Waals surface area contributed by atoms with E-state index in [1.807, 2.05) is 0 Å². The summed E-state index contributed by atoms with van der Waals surface area (Å²) in [7, 11) is 2.06. The highest BCUT2D eigenvalue weighted by Crippen LogP contribution is 2.31. The Morgan fingerprint density at radius 3 is 2.44 bits per heavy atom. The molecule has 3 atom stereocenters. The van der Waals surface area contributed by atoms with Crippen molar-refractivity contribution in [2.24, 2.45) is 5.92 Å². The Hall–Kier alpha value is -0.0800. The summed E-state index contributed by atoms with van der Waals surface area (Å²) in [5.41, 5.74) is -0.0200. The summed E-state index contributed by atoms with van der Waals surface area (Å²) >= 11 is 0. The Morgan fingerprint density at radius 1 is 1.25 bits per heavy atom. The number of hydrogen-bond acceptors (Lipinski definition) is 2. The molecule has 1 aliphatic rings. The molecular weight excluding hydrogens is 198 g/mol. The van der Waals surface area contributed by atoms with E-state index in [9.17, 15) is 0 Å². The SMILES string of the molecule is CCCC1CCC(NC)C(OC(C)(C)C)C1. The first-order valence-electron chi connectivity index (χ1n) is 6.81. The van der Waals surface area contributed by atoms with Crippen LogP contribution in [0.2, 0.25) is 0 Å². The fourth-order valence-corrected chi connectivity index (χ4v) is 2.80. The zero-order valence-electron chi connectivity index (χ0n) is 11.7. The number of ether oxygens (including phenoxy) is 1. The molecule has 16 heavy (non-hydrogen) atoms. The molecule has 0 aliphatic heterocycles. The van der Waals surface area contributed by atoms with E-state index in [1.165, 1.54) is 32.1 Å². The summed E-state index contributed by atoms with van der Waals surface area (Å²) in [6, 6.07) is 0.548. The molecule has 1 N–H and O–H groups in total. The van der Waals surface area contributed by atoms with Gasteiger partial charge in [-0.2, -0.15) is 0 Å². The van der Waals surface area contributed by atoms with E-state index in [1.54, 1.807) is 0 Å². The van der Waals surface area contributed by atoms with Gasteiger partial charge in [-0.25, -0.2) is 0 Å². The van der Waals surface area contributed by atoms with Crippen molar-refractivity contribution < 1.29 is 4.74 Å². The largest absolute Gasteiger partial charge is 0.371 e. The lowest BCUT2D eigenvalue weighted by atomic mass is 9.81. The minimum Gasteiger partial charge on any atom is -0.371 e. The van der Waals surface area contributed by atoms with Crippen molar-refractivity contribution >= 4 is 0 Å². The second-order valence-corrected chi connectivity index (χ2v) is 6.13. The van der Waals surface area contributed by atoms with E-state index in [4.69, 9.17) is 4.74 Å². The maximum atomic E-state index is 6.20. The molecule has 0 aromatic rings. The van der Waals surface area contributed by atoms with Crippen LogP contribution < -0.4 is 5.32 Å². The Bertz CT molecular complexity index is 197. The van der Waals surface area contributed by atoms with E-state index in [2.05, 4.69) is 40.1 Å². The average molecular weight is 227 g/mol. The second kappa shape index (κ2) is 6.02. The molecule has 0 heterocycles. The first-order valence-corrected chi connectivity index (χ1v) is 6.81. The van der Waals surface area contributed by atoms with Crippen LogP contribution >= 0.6 is 0 Å². The summed E-state index contributed by atoms with van der Waals surface area (Å²) in [4.78, 5) is 0. The maximum absolute atomic E-state index is 6.20. The lowest BCUT2D eigenvalue weighted by Gasteiger charge is -2.39. The van der Waals surface area contributed by atoms with Crippen LogP contribution in [0.4, 0.5) is 0 Å². The number of hydrogen-bond donors (Lipinski definition) is 1. The fraction of sp³-hybridized carbons (Fsp3) is 1.00. The molecule has 0 spiro atoms. The molecule has 0 saturated heterocycles. The van der Waals surface area contributed by atoms with Crippen LogP contribution in [0.3, 0.4) is 0 Å². The minimum atomic E-state index is -0.0200. The Morgan fingerprint density at radius 2 is 1.94 bits per heavy atom. The Labute approximate surface area is 101 Å². The summed E-state index contributed by atoms with van der Waals surface area (Å²) in [6.07, 6.45) is 6.93. The van der Waals surface area contributed by atoms with Gasteiger partial charge in [-0.05, 0) is 53.0 Å². The molecular formula is C14H29NO. The average Bonchev–Trinajstić information content (AvgIpc) is 2.16. The van der Waals surface area contributed by atoms with Crippen molar-refractivity contribution in [2.45, 2.75) is 77.5 Å². The van der Waals surface area contributed by atoms with Gasteiger partial charge in [0.2, 0.25) is 0 Å². The van der Waals surface area contributed by atoms with E-state index < -0.39 is 0 Å². The van der Waals surface area contributed by atoms with Crippen LogP contribution in [0.5, 0.6) is 0 Å². The van der Waals surface area contributed by atoms with Crippen molar-refractivity contribution in [2.75, 3.05) is 7.05 Å². The Kier molecular flexibility index (Phi) is 5.26. The van der Waals surface area contributed by atoms with Gasteiger partial charge in [-0.1, -0.05) is 19.8 Å². The van der Waals surface area contributed by atoms with Gasteiger partial charge in [-0.15, -0.1) is 0 Å². The summed E-state index contributed by atoms with van der Waals surface area (Å²) in [5.74, 6) is 0.877. The van der Waals surface area contributed by atoms with Gasteiger partial charge in [0.1, 0.15) is 0 Å². The van der Waals surface area contributed by atoms with Gasteiger partial charge < -0.3 is 10.1 Å². The standard InChI is InChI=1S/C14H29NO/c1-6-7-11-8-9-12(15-5)13(10-11)16-14(2,3)4/h11-13,15H,6-10H2,1-5H3. The highest BCUT2D eigenvalue weighted by Gasteiger charge is 2.32. The normalized spacial score (nSPS) is 31.7. The smallest absolute Gasteiger partial charge is 0.0737 e. The molecule has 0 bridgehead atoms. The molecule has 3 unspecified atom stereocenters. The van der Waals surface area contributed by atoms with Crippen LogP contribution in [0.25, 0.3) is 0 Å². The van der Waals surface area contributed by atoms with E-state index >= 15 is 0 Å². The van der Waals surface area contributed by atoms with Crippen LogP contribution in [0.1, 0.15) is 59.8 Å². The molecule has 0 aromatic carbocycles. The molecule has 1 rings (SSSR count). The third kappa shape index (κ3) is 4.42. The van der Waals surface area contributed by atoms with E-state index in [0.717, 1.165) is 5.92 Å². The predicted octanol–water partition coefficient (Wildman–Crippen LogP) is 3.36. The van der Waals surface area contributed by atoms with Crippen molar-refractivity contribution in [3.8, 4) is 0 Å². The highest BCUT2D eigenvalue weighted by molar-refractivity contribution is 4.86. The highest BCUT2D eigenvalue weighted by atomic mass is 16.5. The fourth-order valence-electron chi connectivity index (χ4n) is 2.80. The maximum Gasteiger partial charge on any atom is 0.0737 e. The first-order chi connectivity index (χ1) is 7.46. The van der Waals surface area contributed by atoms with E-state index in [-0.39, 0.29) is 5.60 Å². The van der Waals surface area contributed by atoms with Gasteiger partial charge in [0, 0.05) is 6.04 Å². The lowest BCUT2D eigenvalue weighted by molar-refractivity contribution is -0.0948. The van der Waals surface area contributed by atoms with Crippen LogP contribution in [0, 0.1) is 5.92 Å². The molecule has 96 valence electrons. The zero-order valence-corrected chi connectivity index (χ0v) is 11.7. The molecule has 0 radical (unpaired) electrons. The third-order valence-electron chi connectivity index (χ3n) is 3.47. The molecule has 0 amide bonds. The van der Waals surface area contributed by atoms with Gasteiger partial charge in [0.15, 0.2) is 0 Å². The molecule has 1 aliphatic carbocycles. The Balaban J connectivity index is 2.53. The van der Waals surface area contributed by atoms with Crippen molar-refractivity contribution in [3.05, 3.63) is 0 Å². The number of likely N-dealkylation sites (N-methyl/N-ethyl adjacent to an activating group) is 1. The third-order valence-corrected chi connectivity index (χ3v) is 3.47. The number of rotatable bonds is 4. The van der Waals surface area contributed by atoms with Crippen molar-refractivity contribution in [3.63, 3.8) is 0 Å². The number of nitrogens with one attached hydrogen (secondary N) is 1. The zero-order chi connectivity index (χ0) is 12.2. The molecule has 0 aromatic heterocycles. The van der Waals surface area contributed by atoms with Gasteiger partial charge in [0.25, 0.3) is 0 Å². The molecule has 1 saturated carbocycles. The summed E-state index contributed by atoms with van der Waals surface area (Å²) in [6.45, 7) is 8.75. The molecule has 1 fully saturated rings. The van der Waals surface area contributed by atoms with Crippen LogP contribution in [-0.2, 0) is 4.74 Å².